The van der Waals surface area contributed by atoms with E-state index in [4.69, 9.17) is 4.74 Å². The second-order valence-corrected chi connectivity index (χ2v) is 4.44. The number of aryl methyl sites for hydroxylation is 1. The Bertz CT molecular complexity index is 531. The second-order valence-electron chi connectivity index (χ2n) is 4.44. The Labute approximate surface area is 119 Å². The van der Waals surface area contributed by atoms with Gasteiger partial charge in [-0.05, 0) is 12.5 Å². The van der Waals surface area contributed by atoms with Crippen LogP contribution in [0.25, 0.3) is 0 Å². The van der Waals surface area contributed by atoms with Gasteiger partial charge in [-0.25, -0.2) is 9.97 Å². The van der Waals surface area contributed by atoms with Crippen LogP contribution in [0, 0.1) is 6.92 Å². The number of nitrogens with zero attached hydrogens (tertiary/aromatic N) is 2. The number of hydrogen-bond acceptors (Lipinski definition) is 5. The molecule has 0 aliphatic heterocycles. The molecule has 0 saturated carbocycles. The normalized spacial score (nSPS) is 10.3. The fourth-order valence-corrected chi connectivity index (χ4v) is 1.82. The standard InChI is InChI=1S/C15H20N4O/c1-12-18-14(16-8-9-20-2)10-15(19-12)17-11-13-6-4-3-5-7-13/h3-7,10H,8-9,11H2,1-2H3,(H2,16,17,18,19). The third kappa shape index (κ3) is 4.51. The van der Waals surface area contributed by atoms with Gasteiger partial charge in [0.15, 0.2) is 0 Å². The summed E-state index contributed by atoms with van der Waals surface area (Å²) in [4.78, 5) is 8.73. The van der Waals surface area contributed by atoms with Crippen LogP contribution in [0.1, 0.15) is 11.4 Å². The Morgan fingerprint density at radius 1 is 1.05 bits per heavy atom. The first kappa shape index (κ1) is 14.3. The minimum atomic E-state index is 0.649. The number of methoxy groups -OCH3 is 1. The highest BCUT2D eigenvalue weighted by Gasteiger charge is 2.01. The molecule has 0 radical (unpaired) electrons. The van der Waals surface area contributed by atoms with Gasteiger partial charge >= 0.3 is 0 Å². The fraction of sp³-hybridized carbons (Fsp3) is 0.333. The van der Waals surface area contributed by atoms with Crippen molar-refractivity contribution in [1.82, 2.24) is 9.97 Å². The fourth-order valence-electron chi connectivity index (χ4n) is 1.82. The van der Waals surface area contributed by atoms with Crippen molar-refractivity contribution < 1.29 is 4.74 Å². The lowest BCUT2D eigenvalue weighted by molar-refractivity contribution is 0.210. The molecule has 0 unspecified atom stereocenters. The van der Waals surface area contributed by atoms with Gasteiger partial charge in [-0.2, -0.15) is 0 Å². The van der Waals surface area contributed by atoms with Gasteiger partial charge in [0, 0.05) is 26.3 Å². The number of anilines is 2. The molecule has 2 N–H and O–H groups in total. The summed E-state index contributed by atoms with van der Waals surface area (Å²) in [6, 6.07) is 12.1. The maximum atomic E-state index is 5.01. The quantitative estimate of drug-likeness (QED) is 0.758. The molecule has 20 heavy (non-hydrogen) atoms. The van der Waals surface area contributed by atoms with Gasteiger partial charge in [0.25, 0.3) is 0 Å². The molecule has 1 aromatic carbocycles. The molecular weight excluding hydrogens is 252 g/mol. The molecule has 106 valence electrons. The minimum Gasteiger partial charge on any atom is -0.383 e. The van der Waals surface area contributed by atoms with Gasteiger partial charge in [0.2, 0.25) is 0 Å². The molecule has 0 bridgehead atoms. The molecule has 0 atom stereocenters. The summed E-state index contributed by atoms with van der Waals surface area (Å²) in [5.41, 5.74) is 1.22. The lowest BCUT2D eigenvalue weighted by Crippen LogP contribution is -2.11. The average Bonchev–Trinajstić information content (AvgIpc) is 2.46. The molecule has 2 aromatic rings. The van der Waals surface area contributed by atoms with E-state index in [2.05, 4.69) is 32.7 Å². The maximum Gasteiger partial charge on any atom is 0.132 e. The summed E-state index contributed by atoms with van der Waals surface area (Å²) in [6.45, 7) is 4.00. The molecule has 5 nitrogen and oxygen atoms in total. The highest BCUT2D eigenvalue weighted by atomic mass is 16.5. The molecule has 0 aliphatic carbocycles. The van der Waals surface area contributed by atoms with Crippen LogP contribution < -0.4 is 10.6 Å². The number of nitrogens with one attached hydrogen (secondary N) is 2. The van der Waals surface area contributed by atoms with Crippen molar-refractivity contribution in [2.24, 2.45) is 0 Å². The van der Waals surface area contributed by atoms with Crippen molar-refractivity contribution in [3.8, 4) is 0 Å². The summed E-state index contributed by atoms with van der Waals surface area (Å²) in [5, 5.41) is 6.52. The number of rotatable bonds is 7. The zero-order valence-electron chi connectivity index (χ0n) is 11.9. The Kier molecular flexibility index (Phi) is 5.32. The summed E-state index contributed by atoms with van der Waals surface area (Å²) in [6.07, 6.45) is 0. The van der Waals surface area contributed by atoms with E-state index in [1.165, 1.54) is 5.56 Å². The number of hydrogen-bond donors (Lipinski definition) is 2. The largest absolute Gasteiger partial charge is 0.383 e. The number of ether oxygens (including phenoxy) is 1. The van der Waals surface area contributed by atoms with Crippen LogP contribution >= 0.6 is 0 Å². The minimum absolute atomic E-state index is 0.649. The monoisotopic (exact) mass is 272 g/mol. The van der Waals surface area contributed by atoms with Crippen LogP contribution in [0.5, 0.6) is 0 Å². The van der Waals surface area contributed by atoms with Crippen LogP contribution in [0.4, 0.5) is 11.6 Å². The summed E-state index contributed by atoms with van der Waals surface area (Å²) >= 11 is 0. The third-order valence-corrected chi connectivity index (χ3v) is 2.77. The topological polar surface area (TPSA) is 59.1 Å². The highest BCUT2D eigenvalue weighted by molar-refractivity contribution is 5.47. The van der Waals surface area contributed by atoms with Gasteiger partial charge < -0.3 is 15.4 Å². The van der Waals surface area contributed by atoms with E-state index in [0.29, 0.717) is 6.61 Å². The Hall–Kier alpha value is -2.14. The van der Waals surface area contributed by atoms with Crippen LogP contribution in [-0.4, -0.2) is 30.2 Å². The lowest BCUT2D eigenvalue weighted by atomic mass is 10.2. The Morgan fingerprint density at radius 3 is 2.45 bits per heavy atom. The summed E-state index contributed by atoms with van der Waals surface area (Å²) < 4.78 is 5.01. The van der Waals surface area contributed by atoms with E-state index in [0.717, 1.165) is 30.5 Å². The Morgan fingerprint density at radius 2 is 1.75 bits per heavy atom. The lowest BCUT2D eigenvalue weighted by Gasteiger charge is -2.10. The zero-order chi connectivity index (χ0) is 14.2. The maximum absolute atomic E-state index is 5.01. The molecule has 1 aromatic heterocycles. The van der Waals surface area contributed by atoms with Crippen LogP contribution in [0.3, 0.4) is 0 Å². The molecule has 0 saturated heterocycles. The first-order chi connectivity index (χ1) is 9.78. The number of benzene rings is 1. The van der Waals surface area contributed by atoms with Crippen LogP contribution in [0.15, 0.2) is 36.4 Å². The van der Waals surface area contributed by atoms with Crippen molar-refractivity contribution in [2.75, 3.05) is 30.9 Å². The first-order valence-corrected chi connectivity index (χ1v) is 6.64. The zero-order valence-corrected chi connectivity index (χ0v) is 11.9. The van der Waals surface area contributed by atoms with Gasteiger partial charge in [-0.15, -0.1) is 0 Å². The highest BCUT2D eigenvalue weighted by Crippen LogP contribution is 2.12. The predicted molar refractivity (Wildman–Crippen MR) is 80.9 cm³/mol. The van der Waals surface area contributed by atoms with Gasteiger partial charge in [0.05, 0.1) is 6.61 Å². The smallest absolute Gasteiger partial charge is 0.132 e. The molecule has 0 spiro atoms. The van der Waals surface area contributed by atoms with E-state index >= 15 is 0 Å². The molecule has 0 fully saturated rings. The Balaban J connectivity index is 1.97. The molecular formula is C15H20N4O. The first-order valence-electron chi connectivity index (χ1n) is 6.64. The van der Waals surface area contributed by atoms with E-state index in [9.17, 15) is 0 Å². The van der Waals surface area contributed by atoms with Gasteiger partial charge in [-0.1, -0.05) is 30.3 Å². The second kappa shape index (κ2) is 7.45. The van der Waals surface area contributed by atoms with E-state index in [-0.39, 0.29) is 0 Å². The van der Waals surface area contributed by atoms with E-state index in [1.807, 2.05) is 31.2 Å². The SMILES string of the molecule is COCCNc1cc(NCc2ccccc2)nc(C)n1. The summed E-state index contributed by atoms with van der Waals surface area (Å²) in [7, 11) is 1.68. The summed E-state index contributed by atoms with van der Waals surface area (Å²) in [5.74, 6) is 2.37. The van der Waals surface area contributed by atoms with Crippen molar-refractivity contribution in [2.45, 2.75) is 13.5 Å². The molecule has 0 amide bonds. The molecule has 2 rings (SSSR count). The van der Waals surface area contributed by atoms with Gasteiger partial charge in [-0.3, -0.25) is 0 Å². The van der Waals surface area contributed by atoms with Crippen LogP contribution in [0.2, 0.25) is 0 Å². The molecule has 0 aliphatic rings. The molecule has 5 heteroatoms. The predicted octanol–water partition coefficient (Wildman–Crippen LogP) is 2.46. The van der Waals surface area contributed by atoms with Crippen molar-refractivity contribution in [3.63, 3.8) is 0 Å². The number of aromatic nitrogens is 2. The van der Waals surface area contributed by atoms with E-state index < -0.39 is 0 Å². The van der Waals surface area contributed by atoms with Crippen molar-refractivity contribution >= 4 is 11.6 Å². The van der Waals surface area contributed by atoms with Crippen molar-refractivity contribution in [1.29, 1.82) is 0 Å². The van der Waals surface area contributed by atoms with Crippen LogP contribution in [-0.2, 0) is 11.3 Å². The van der Waals surface area contributed by atoms with E-state index in [1.54, 1.807) is 7.11 Å². The third-order valence-electron chi connectivity index (χ3n) is 2.77. The van der Waals surface area contributed by atoms with Crippen molar-refractivity contribution in [3.05, 3.63) is 47.8 Å². The molecule has 1 heterocycles. The van der Waals surface area contributed by atoms with Gasteiger partial charge in [0.1, 0.15) is 17.5 Å². The average molecular weight is 272 g/mol.